The van der Waals surface area contributed by atoms with Crippen molar-refractivity contribution in [3.8, 4) is 0 Å². The highest BCUT2D eigenvalue weighted by molar-refractivity contribution is 9.10. The predicted molar refractivity (Wildman–Crippen MR) is 64.4 cm³/mol. The molecule has 0 saturated carbocycles. The Labute approximate surface area is 98.2 Å². The summed E-state index contributed by atoms with van der Waals surface area (Å²) in [6, 6.07) is 5.51. The third-order valence-corrected chi connectivity index (χ3v) is 2.66. The first-order chi connectivity index (χ1) is 7.00. The number of amides is 1. The van der Waals surface area contributed by atoms with Gasteiger partial charge < -0.3 is 11.1 Å². The third kappa shape index (κ3) is 3.64. The van der Waals surface area contributed by atoms with Gasteiger partial charge in [-0.25, -0.2) is 0 Å². The van der Waals surface area contributed by atoms with E-state index in [9.17, 15) is 4.79 Å². The number of rotatable bonds is 3. The van der Waals surface area contributed by atoms with Crippen LogP contribution in [0.25, 0.3) is 0 Å². The average Bonchev–Trinajstić information content (AvgIpc) is 2.15. The third-order valence-electron chi connectivity index (χ3n) is 2.17. The molecule has 0 spiro atoms. The van der Waals surface area contributed by atoms with E-state index in [2.05, 4.69) is 21.2 Å². The van der Waals surface area contributed by atoms with Crippen molar-refractivity contribution in [3.05, 3.63) is 33.8 Å². The molecule has 0 heterocycles. The average molecular weight is 271 g/mol. The molecule has 1 rings (SSSR count). The Hall–Kier alpha value is -0.870. The van der Waals surface area contributed by atoms with E-state index in [0.717, 1.165) is 15.6 Å². The molecule has 15 heavy (non-hydrogen) atoms. The van der Waals surface area contributed by atoms with Gasteiger partial charge >= 0.3 is 0 Å². The first kappa shape index (κ1) is 12.2. The molecular weight excluding hydrogens is 256 g/mol. The van der Waals surface area contributed by atoms with Crippen LogP contribution in [0.4, 0.5) is 0 Å². The Morgan fingerprint density at radius 3 is 2.80 bits per heavy atom. The Balaban J connectivity index is 2.62. The summed E-state index contributed by atoms with van der Waals surface area (Å²) in [7, 11) is 0. The number of hydrogen-bond donors (Lipinski definition) is 2. The van der Waals surface area contributed by atoms with Crippen molar-refractivity contribution in [1.82, 2.24) is 5.32 Å². The molecule has 0 aliphatic rings. The normalized spacial score (nSPS) is 12.3. The maximum absolute atomic E-state index is 11.2. The van der Waals surface area contributed by atoms with Crippen LogP contribution in [0, 0.1) is 6.92 Å². The van der Waals surface area contributed by atoms with Crippen molar-refractivity contribution in [3.63, 3.8) is 0 Å². The zero-order valence-electron chi connectivity index (χ0n) is 8.88. The summed E-state index contributed by atoms with van der Waals surface area (Å²) in [5.41, 5.74) is 7.69. The van der Waals surface area contributed by atoms with E-state index in [1.54, 1.807) is 6.92 Å². The van der Waals surface area contributed by atoms with Gasteiger partial charge in [0.15, 0.2) is 0 Å². The van der Waals surface area contributed by atoms with Gasteiger partial charge in [-0.2, -0.15) is 0 Å². The SMILES string of the molecule is Cc1cc(Br)ccc1CNC(=O)[C@@H](C)N. The van der Waals surface area contributed by atoms with Crippen molar-refractivity contribution in [2.45, 2.75) is 26.4 Å². The largest absolute Gasteiger partial charge is 0.351 e. The van der Waals surface area contributed by atoms with Crippen molar-refractivity contribution in [1.29, 1.82) is 0 Å². The van der Waals surface area contributed by atoms with Crippen molar-refractivity contribution in [2.24, 2.45) is 5.73 Å². The molecule has 4 heteroatoms. The van der Waals surface area contributed by atoms with Crippen molar-refractivity contribution in [2.75, 3.05) is 0 Å². The van der Waals surface area contributed by atoms with Crippen LogP contribution in [0.15, 0.2) is 22.7 Å². The highest BCUT2D eigenvalue weighted by Gasteiger charge is 2.07. The lowest BCUT2D eigenvalue weighted by atomic mass is 10.1. The minimum Gasteiger partial charge on any atom is -0.351 e. The van der Waals surface area contributed by atoms with Crippen LogP contribution < -0.4 is 11.1 Å². The van der Waals surface area contributed by atoms with Gasteiger partial charge in [0.05, 0.1) is 6.04 Å². The van der Waals surface area contributed by atoms with Gasteiger partial charge in [-0.1, -0.05) is 22.0 Å². The fourth-order valence-electron chi connectivity index (χ4n) is 1.20. The van der Waals surface area contributed by atoms with Crippen LogP contribution in [-0.4, -0.2) is 11.9 Å². The molecule has 0 bridgehead atoms. The van der Waals surface area contributed by atoms with Gasteiger partial charge in [0.2, 0.25) is 5.91 Å². The van der Waals surface area contributed by atoms with Crippen LogP contribution in [0.1, 0.15) is 18.1 Å². The fourth-order valence-corrected chi connectivity index (χ4v) is 1.68. The summed E-state index contributed by atoms with van der Waals surface area (Å²) in [5.74, 6) is -0.127. The topological polar surface area (TPSA) is 55.1 Å². The lowest BCUT2D eigenvalue weighted by Gasteiger charge is -2.10. The molecule has 0 aliphatic heterocycles. The van der Waals surface area contributed by atoms with E-state index in [4.69, 9.17) is 5.73 Å². The van der Waals surface area contributed by atoms with Crippen molar-refractivity contribution >= 4 is 21.8 Å². The van der Waals surface area contributed by atoms with Gasteiger partial charge in [0, 0.05) is 11.0 Å². The number of carbonyl (C=O) groups excluding carboxylic acids is 1. The summed E-state index contributed by atoms with van der Waals surface area (Å²) in [6.45, 7) is 4.21. The van der Waals surface area contributed by atoms with E-state index >= 15 is 0 Å². The van der Waals surface area contributed by atoms with E-state index in [1.165, 1.54) is 0 Å². The Morgan fingerprint density at radius 1 is 1.60 bits per heavy atom. The summed E-state index contributed by atoms with van der Waals surface area (Å²) in [4.78, 5) is 11.2. The van der Waals surface area contributed by atoms with Gasteiger partial charge in [-0.05, 0) is 37.1 Å². The highest BCUT2D eigenvalue weighted by atomic mass is 79.9. The Bertz CT molecular complexity index is 364. The van der Waals surface area contributed by atoms with Crippen LogP contribution in [0.3, 0.4) is 0 Å². The standard InChI is InChI=1S/C11H15BrN2O/c1-7-5-10(12)4-3-9(7)6-14-11(15)8(2)13/h3-5,8H,6,13H2,1-2H3,(H,14,15)/t8-/m1/s1. The van der Waals surface area contributed by atoms with Crippen LogP contribution in [0.5, 0.6) is 0 Å². The van der Waals surface area contributed by atoms with Crippen LogP contribution in [0.2, 0.25) is 0 Å². The van der Waals surface area contributed by atoms with Crippen molar-refractivity contribution < 1.29 is 4.79 Å². The monoisotopic (exact) mass is 270 g/mol. The molecule has 0 radical (unpaired) electrons. The molecule has 3 nitrogen and oxygen atoms in total. The Kier molecular flexibility index (Phi) is 4.29. The van der Waals surface area contributed by atoms with Crippen LogP contribution in [-0.2, 0) is 11.3 Å². The minimum atomic E-state index is -0.458. The number of benzene rings is 1. The Morgan fingerprint density at radius 2 is 2.27 bits per heavy atom. The van der Waals surface area contributed by atoms with Gasteiger partial charge in [0.25, 0.3) is 0 Å². The van der Waals surface area contributed by atoms with Gasteiger partial charge in [-0.3, -0.25) is 4.79 Å². The molecule has 1 aromatic rings. The maximum atomic E-state index is 11.2. The number of nitrogens with two attached hydrogens (primary N) is 1. The smallest absolute Gasteiger partial charge is 0.236 e. The molecule has 1 aromatic carbocycles. The predicted octanol–water partition coefficient (Wildman–Crippen LogP) is 1.72. The number of aryl methyl sites for hydroxylation is 1. The minimum absolute atomic E-state index is 0.127. The molecule has 1 atom stereocenters. The molecular formula is C11H15BrN2O. The van der Waals surface area contributed by atoms with E-state index in [1.807, 2.05) is 25.1 Å². The molecule has 0 aromatic heterocycles. The lowest BCUT2D eigenvalue weighted by Crippen LogP contribution is -2.37. The fraction of sp³-hybridized carbons (Fsp3) is 0.364. The second-order valence-corrected chi connectivity index (χ2v) is 4.49. The summed E-state index contributed by atoms with van der Waals surface area (Å²) >= 11 is 3.39. The molecule has 3 N–H and O–H groups in total. The maximum Gasteiger partial charge on any atom is 0.236 e. The number of hydrogen-bond acceptors (Lipinski definition) is 2. The van der Waals surface area contributed by atoms with E-state index < -0.39 is 6.04 Å². The van der Waals surface area contributed by atoms with Crippen LogP contribution >= 0.6 is 15.9 Å². The zero-order valence-corrected chi connectivity index (χ0v) is 10.5. The van der Waals surface area contributed by atoms with Gasteiger partial charge in [-0.15, -0.1) is 0 Å². The summed E-state index contributed by atoms with van der Waals surface area (Å²) < 4.78 is 1.04. The second kappa shape index (κ2) is 5.28. The molecule has 0 fully saturated rings. The molecule has 0 unspecified atom stereocenters. The van der Waals surface area contributed by atoms with E-state index in [-0.39, 0.29) is 5.91 Å². The van der Waals surface area contributed by atoms with E-state index in [0.29, 0.717) is 6.54 Å². The number of carbonyl (C=O) groups is 1. The molecule has 82 valence electrons. The molecule has 1 amide bonds. The lowest BCUT2D eigenvalue weighted by molar-refractivity contribution is -0.122. The molecule has 0 saturated heterocycles. The first-order valence-electron chi connectivity index (χ1n) is 4.79. The summed E-state index contributed by atoms with van der Waals surface area (Å²) in [6.07, 6.45) is 0. The molecule has 0 aliphatic carbocycles. The quantitative estimate of drug-likeness (QED) is 0.879. The summed E-state index contributed by atoms with van der Waals surface area (Å²) in [5, 5.41) is 2.78. The van der Waals surface area contributed by atoms with Gasteiger partial charge in [0.1, 0.15) is 0 Å². The second-order valence-electron chi connectivity index (χ2n) is 3.58. The first-order valence-corrected chi connectivity index (χ1v) is 5.58. The number of halogens is 1. The highest BCUT2D eigenvalue weighted by Crippen LogP contribution is 2.15. The zero-order chi connectivity index (χ0) is 11.4. The number of nitrogens with one attached hydrogen (secondary N) is 1.